The number of carbonyl (C=O) groups excluding carboxylic acids is 1. The molecule has 0 aliphatic heterocycles. The fourth-order valence-corrected chi connectivity index (χ4v) is 2.10. The number of amides is 1. The van der Waals surface area contributed by atoms with Crippen molar-refractivity contribution in [2.24, 2.45) is 11.8 Å². The summed E-state index contributed by atoms with van der Waals surface area (Å²) in [5, 5.41) is 2.96. The lowest BCUT2D eigenvalue weighted by Gasteiger charge is -2.20. The smallest absolute Gasteiger partial charge is 0.246 e. The molecule has 0 heterocycles. The van der Waals surface area contributed by atoms with E-state index < -0.39 is 0 Å². The molecule has 0 spiro atoms. The lowest BCUT2D eigenvalue weighted by atomic mass is 9.98. The van der Waals surface area contributed by atoms with Crippen LogP contribution in [0.15, 0.2) is 0 Å². The van der Waals surface area contributed by atoms with Crippen LogP contribution in [0.2, 0.25) is 0 Å². The summed E-state index contributed by atoms with van der Waals surface area (Å²) in [6.45, 7) is 9.13. The van der Waals surface area contributed by atoms with Gasteiger partial charge >= 0.3 is 0 Å². The zero-order valence-corrected chi connectivity index (χ0v) is 11.0. The Morgan fingerprint density at radius 2 is 2.06 bits per heavy atom. The van der Waals surface area contributed by atoms with Crippen molar-refractivity contribution >= 4 is 5.91 Å². The van der Waals surface area contributed by atoms with Gasteiger partial charge < -0.3 is 10.1 Å². The third-order valence-corrected chi connectivity index (χ3v) is 3.24. The van der Waals surface area contributed by atoms with Gasteiger partial charge in [-0.05, 0) is 39.0 Å². The Labute approximate surface area is 98.9 Å². The maximum Gasteiger partial charge on any atom is 0.246 e. The molecule has 1 fully saturated rings. The van der Waals surface area contributed by atoms with Gasteiger partial charge in [0.2, 0.25) is 5.91 Å². The highest BCUT2D eigenvalue weighted by atomic mass is 16.5. The molecule has 1 aliphatic carbocycles. The number of hydrogen-bond acceptors (Lipinski definition) is 2. The average molecular weight is 227 g/mol. The molecule has 2 atom stereocenters. The number of ether oxygens (including phenoxy) is 1. The maximum atomic E-state index is 11.5. The highest BCUT2D eigenvalue weighted by Crippen LogP contribution is 2.30. The van der Waals surface area contributed by atoms with Crippen LogP contribution in [0.4, 0.5) is 0 Å². The molecule has 0 aromatic heterocycles. The fourth-order valence-electron chi connectivity index (χ4n) is 2.10. The summed E-state index contributed by atoms with van der Waals surface area (Å²) in [5.74, 6) is 1.43. The first-order chi connectivity index (χ1) is 7.38. The predicted octanol–water partition coefficient (Wildman–Crippen LogP) is 2.35. The lowest BCUT2D eigenvalue weighted by molar-refractivity contribution is -0.130. The second-order valence-electron chi connectivity index (χ2n) is 5.87. The zero-order valence-electron chi connectivity index (χ0n) is 11.0. The van der Waals surface area contributed by atoms with E-state index in [0.717, 1.165) is 12.5 Å². The van der Waals surface area contributed by atoms with E-state index in [0.29, 0.717) is 5.92 Å². The van der Waals surface area contributed by atoms with Crippen LogP contribution in [0.3, 0.4) is 0 Å². The second-order valence-corrected chi connectivity index (χ2v) is 5.87. The fraction of sp³-hybridized carbons (Fsp3) is 0.923. The Hall–Kier alpha value is -0.570. The van der Waals surface area contributed by atoms with Crippen molar-refractivity contribution in [3.8, 4) is 0 Å². The van der Waals surface area contributed by atoms with Crippen molar-refractivity contribution < 1.29 is 9.53 Å². The Balaban J connectivity index is 2.15. The Morgan fingerprint density at radius 3 is 2.56 bits per heavy atom. The Morgan fingerprint density at radius 1 is 1.38 bits per heavy atom. The molecule has 0 aromatic carbocycles. The van der Waals surface area contributed by atoms with Crippen LogP contribution in [0.1, 0.15) is 47.0 Å². The summed E-state index contributed by atoms with van der Waals surface area (Å²) in [4.78, 5) is 11.5. The van der Waals surface area contributed by atoms with Crippen molar-refractivity contribution in [2.45, 2.75) is 52.6 Å². The van der Waals surface area contributed by atoms with Gasteiger partial charge in [0, 0.05) is 6.54 Å². The number of rotatable bonds is 4. The highest BCUT2D eigenvalue weighted by Gasteiger charge is 2.23. The molecule has 16 heavy (non-hydrogen) atoms. The van der Waals surface area contributed by atoms with Crippen molar-refractivity contribution in [3.05, 3.63) is 0 Å². The number of nitrogens with one attached hydrogen (secondary N) is 1. The number of carbonyl (C=O) groups is 1. The van der Waals surface area contributed by atoms with E-state index in [9.17, 15) is 4.79 Å². The molecule has 1 N–H and O–H groups in total. The van der Waals surface area contributed by atoms with E-state index in [1.807, 2.05) is 20.8 Å². The molecular formula is C13H25NO2. The van der Waals surface area contributed by atoms with Gasteiger partial charge in [0.1, 0.15) is 6.61 Å². The predicted molar refractivity (Wildman–Crippen MR) is 65.2 cm³/mol. The van der Waals surface area contributed by atoms with E-state index in [2.05, 4.69) is 12.2 Å². The molecule has 0 bridgehead atoms. The van der Waals surface area contributed by atoms with Crippen molar-refractivity contribution in [1.29, 1.82) is 0 Å². The average Bonchev–Trinajstić information content (AvgIpc) is 2.57. The van der Waals surface area contributed by atoms with Crippen LogP contribution in [0.5, 0.6) is 0 Å². The molecule has 2 unspecified atom stereocenters. The van der Waals surface area contributed by atoms with Gasteiger partial charge in [-0.1, -0.05) is 19.8 Å². The maximum absolute atomic E-state index is 11.5. The van der Waals surface area contributed by atoms with E-state index in [4.69, 9.17) is 4.74 Å². The zero-order chi connectivity index (χ0) is 12.2. The van der Waals surface area contributed by atoms with Gasteiger partial charge in [-0.2, -0.15) is 0 Å². The van der Waals surface area contributed by atoms with E-state index in [-0.39, 0.29) is 18.1 Å². The molecule has 1 saturated carbocycles. The Kier molecular flexibility index (Phi) is 4.78. The van der Waals surface area contributed by atoms with E-state index in [1.54, 1.807) is 0 Å². The lowest BCUT2D eigenvalue weighted by Crippen LogP contribution is -2.35. The molecule has 0 aromatic rings. The van der Waals surface area contributed by atoms with Gasteiger partial charge in [0.25, 0.3) is 0 Å². The van der Waals surface area contributed by atoms with Gasteiger partial charge in [-0.15, -0.1) is 0 Å². The third-order valence-electron chi connectivity index (χ3n) is 3.24. The summed E-state index contributed by atoms with van der Waals surface area (Å²) < 4.78 is 5.42. The minimum absolute atomic E-state index is 0.00836. The molecule has 3 heteroatoms. The minimum Gasteiger partial charge on any atom is -0.366 e. The molecule has 1 amide bonds. The number of hydrogen-bond donors (Lipinski definition) is 1. The molecule has 0 radical (unpaired) electrons. The van der Waals surface area contributed by atoms with Crippen LogP contribution in [0, 0.1) is 11.8 Å². The third kappa shape index (κ3) is 4.97. The SMILES string of the molecule is CC1CCCC1CNC(=O)COC(C)(C)C. The first-order valence-corrected chi connectivity index (χ1v) is 6.29. The summed E-state index contributed by atoms with van der Waals surface area (Å²) in [6, 6.07) is 0. The molecule has 3 nitrogen and oxygen atoms in total. The second kappa shape index (κ2) is 5.67. The monoisotopic (exact) mass is 227 g/mol. The normalized spacial score (nSPS) is 25.8. The quantitative estimate of drug-likeness (QED) is 0.800. The summed E-state index contributed by atoms with van der Waals surface area (Å²) in [5.41, 5.74) is -0.238. The molecule has 94 valence electrons. The molecule has 0 saturated heterocycles. The van der Waals surface area contributed by atoms with Gasteiger partial charge in [0.15, 0.2) is 0 Å². The topological polar surface area (TPSA) is 38.3 Å². The first-order valence-electron chi connectivity index (χ1n) is 6.29. The largest absolute Gasteiger partial charge is 0.366 e. The van der Waals surface area contributed by atoms with Crippen LogP contribution in [-0.4, -0.2) is 24.7 Å². The van der Waals surface area contributed by atoms with Gasteiger partial charge in [-0.25, -0.2) is 0 Å². The standard InChI is InChI=1S/C13H25NO2/c1-10-6-5-7-11(10)8-14-12(15)9-16-13(2,3)4/h10-11H,5-9H2,1-4H3,(H,14,15). The van der Waals surface area contributed by atoms with Crippen molar-refractivity contribution in [1.82, 2.24) is 5.32 Å². The van der Waals surface area contributed by atoms with Crippen LogP contribution in [-0.2, 0) is 9.53 Å². The van der Waals surface area contributed by atoms with Crippen LogP contribution in [0.25, 0.3) is 0 Å². The van der Waals surface area contributed by atoms with Crippen LogP contribution >= 0.6 is 0 Å². The molecule has 1 rings (SSSR count). The summed E-state index contributed by atoms with van der Waals surface area (Å²) in [6.07, 6.45) is 3.86. The van der Waals surface area contributed by atoms with Crippen LogP contribution < -0.4 is 5.32 Å². The minimum atomic E-state index is -0.238. The van der Waals surface area contributed by atoms with Gasteiger partial charge in [-0.3, -0.25) is 4.79 Å². The van der Waals surface area contributed by atoms with E-state index >= 15 is 0 Å². The molecular weight excluding hydrogens is 202 g/mol. The van der Waals surface area contributed by atoms with Crippen molar-refractivity contribution in [3.63, 3.8) is 0 Å². The summed E-state index contributed by atoms with van der Waals surface area (Å²) >= 11 is 0. The van der Waals surface area contributed by atoms with Crippen molar-refractivity contribution in [2.75, 3.05) is 13.2 Å². The van der Waals surface area contributed by atoms with Gasteiger partial charge in [0.05, 0.1) is 5.60 Å². The first kappa shape index (κ1) is 13.5. The summed E-state index contributed by atoms with van der Waals surface area (Å²) in [7, 11) is 0. The van der Waals surface area contributed by atoms with E-state index in [1.165, 1.54) is 19.3 Å². The highest BCUT2D eigenvalue weighted by molar-refractivity contribution is 5.77. The Bertz CT molecular complexity index is 233. The molecule has 1 aliphatic rings.